The monoisotopic (exact) mass is 302 g/mol. The fraction of sp³-hybridized carbons (Fsp3) is 0.188. The Balaban J connectivity index is 1.71. The second-order valence-corrected chi connectivity index (χ2v) is 5.38. The molecule has 108 valence electrons. The number of fused-ring (bicyclic) bond motifs is 1. The van der Waals surface area contributed by atoms with Gasteiger partial charge in [0.1, 0.15) is 5.75 Å². The Kier molecular flexibility index (Phi) is 3.71. The molecule has 1 amide bonds. The molecule has 5 heteroatoms. The van der Waals surface area contributed by atoms with Crippen molar-refractivity contribution in [3.05, 3.63) is 53.1 Å². The molecule has 0 fully saturated rings. The van der Waals surface area contributed by atoms with E-state index in [9.17, 15) is 4.79 Å². The highest BCUT2D eigenvalue weighted by atomic mass is 35.5. The lowest BCUT2D eigenvalue weighted by Crippen LogP contribution is -2.34. The second-order valence-electron chi connectivity index (χ2n) is 4.94. The summed E-state index contributed by atoms with van der Waals surface area (Å²) in [7, 11) is 0. The van der Waals surface area contributed by atoms with Crippen LogP contribution < -0.4 is 15.4 Å². The van der Waals surface area contributed by atoms with Crippen molar-refractivity contribution in [3.8, 4) is 5.75 Å². The number of ether oxygens (including phenoxy) is 1. The predicted octanol–water partition coefficient (Wildman–Crippen LogP) is 3.67. The van der Waals surface area contributed by atoms with Crippen molar-refractivity contribution < 1.29 is 9.53 Å². The first kappa shape index (κ1) is 13.8. The van der Waals surface area contributed by atoms with Gasteiger partial charge in [-0.2, -0.15) is 0 Å². The molecule has 2 N–H and O–H groups in total. The van der Waals surface area contributed by atoms with Gasteiger partial charge in [-0.15, -0.1) is 0 Å². The smallest absolute Gasteiger partial charge is 0.265 e. The van der Waals surface area contributed by atoms with Gasteiger partial charge in [0.2, 0.25) is 0 Å². The van der Waals surface area contributed by atoms with Crippen LogP contribution in [0, 0.1) is 0 Å². The number of hydrogen-bond donors (Lipinski definition) is 2. The van der Waals surface area contributed by atoms with Gasteiger partial charge in [-0.05, 0) is 42.8 Å². The van der Waals surface area contributed by atoms with Gasteiger partial charge < -0.3 is 15.4 Å². The summed E-state index contributed by atoms with van der Waals surface area (Å²) in [5.41, 5.74) is 2.74. The molecule has 0 aromatic heterocycles. The summed E-state index contributed by atoms with van der Waals surface area (Å²) in [6.45, 7) is 2.41. The lowest BCUT2D eigenvalue weighted by Gasteiger charge is -2.23. The van der Waals surface area contributed by atoms with Gasteiger partial charge in [-0.3, -0.25) is 4.79 Å². The van der Waals surface area contributed by atoms with Crippen molar-refractivity contribution in [2.24, 2.45) is 0 Å². The number of carbonyl (C=O) groups is 1. The number of anilines is 2. The summed E-state index contributed by atoms with van der Waals surface area (Å²) in [4.78, 5) is 11.6. The highest BCUT2D eigenvalue weighted by molar-refractivity contribution is 6.30. The molecule has 1 atom stereocenters. The Morgan fingerprint density at radius 1 is 1.24 bits per heavy atom. The molecule has 1 aliphatic rings. The van der Waals surface area contributed by atoms with E-state index in [1.807, 2.05) is 42.5 Å². The maximum Gasteiger partial charge on any atom is 0.265 e. The molecule has 3 rings (SSSR count). The standard InChI is InChI=1S/C16H15ClN2O2/c1-10-16(20)19-14-8-13(6-7-15(14)21-10)18-9-11-2-4-12(17)5-3-11/h2-8,10,18H,9H2,1H3,(H,19,20). The van der Waals surface area contributed by atoms with Gasteiger partial charge in [-0.1, -0.05) is 23.7 Å². The van der Waals surface area contributed by atoms with E-state index in [0.29, 0.717) is 18.0 Å². The van der Waals surface area contributed by atoms with Crippen LogP contribution in [0.25, 0.3) is 0 Å². The van der Waals surface area contributed by atoms with Crippen molar-refractivity contribution in [1.82, 2.24) is 0 Å². The van der Waals surface area contributed by atoms with E-state index >= 15 is 0 Å². The van der Waals surface area contributed by atoms with Crippen molar-refractivity contribution in [2.75, 3.05) is 10.6 Å². The average molecular weight is 303 g/mol. The maximum absolute atomic E-state index is 11.6. The number of hydrogen-bond acceptors (Lipinski definition) is 3. The zero-order chi connectivity index (χ0) is 14.8. The van der Waals surface area contributed by atoms with Crippen LogP contribution in [0.5, 0.6) is 5.75 Å². The largest absolute Gasteiger partial charge is 0.479 e. The Bertz CT molecular complexity index is 670. The summed E-state index contributed by atoms with van der Waals surface area (Å²) in [5.74, 6) is 0.566. The van der Waals surface area contributed by atoms with Crippen LogP contribution in [0.3, 0.4) is 0 Å². The van der Waals surface area contributed by atoms with E-state index in [-0.39, 0.29) is 5.91 Å². The molecular weight excluding hydrogens is 288 g/mol. The number of benzene rings is 2. The summed E-state index contributed by atoms with van der Waals surface area (Å²) in [5, 5.41) is 6.86. The van der Waals surface area contributed by atoms with Crippen LogP contribution in [0.2, 0.25) is 5.02 Å². The molecular formula is C16H15ClN2O2. The molecule has 0 radical (unpaired) electrons. The second kappa shape index (κ2) is 5.66. The first-order valence-corrected chi connectivity index (χ1v) is 7.09. The number of halogens is 1. The summed E-state index contributed by atoms with van der Waals surface area (Å²) < 4.78 is 5.52. The van der Waals surface area contributed by atoms with Crippen LogP contribution in [-0.4, -0.2) is 12.0 Å². The number of carbonyl (C=O) groups excluding carboxylic acids is 1. The minimum absolute atomic E-state index is 0.127. The maximum atomic E-state index is 11.6. The third-order valence-corrected chi connectivity index (χ3v) is 3.57. The van der Waals surface area contributed by atoms with E-state index in [0.717, 1.165) is 16.3 Å². The molecule has 1 aliphatic heterocycles. The van der Waals surface area contributed by atoms with Gasteiger partial charge in [0, 0.05) is 17.3 Å². The van der Waals surface area contributed by atoms with Crippen molar-refractivity contribution >= 4 is 28.9 Å². The average Bonchev–Trinajstić information content (AvgIpc) is 2.48. The van der Waals surface area contributed by atoms with E-state index in [2.05, 4.69) is 10.6 Å². The quantitative estimate of drug-likeness (QED) is 0.909. The first-order chi connectivity index (χ1) is 10.1. The fourth-order valence-electron chi connectivity index (χ4n) is 2.13. The SMILES string of the molecule is CC1Oc2ccc(NCc3ccc(Cl)cc3)cc2NC1=O. The third-order valence-electron chi connectivity index (χ3n) is 3.32. The van der Waals surface area contributed by atoms with Gasteiger partial charge in [0.05, 0.1) is 5.69 Å². The van der Waals surface area contributed by atoms with Crippen LogP contribution in [0.1, 0.15) is 12.5 Å². The van der Waals surface area contributed by atoms with E-state index < -0.39 is 6.10 Å². The lowest BCUT2D eigenvalue weighted by molar-refractivity contribution is -0.122. The number of amides is 1. The normalized spacial score (nSPS) is 16.7. The Morgan fingerprint density at radius 2 is 2.00 bits per heavy atom. The molecule has 2 aromatic carbocycles. The number of rotatable bonds is 3. The Hall–Kier alpha value is -2.20. The van der Waals surface area contributed by atoms with Gasteiger partial charge in [0.15, 0.2) is 6.10 Å². The molecule has 2 aromatic rings. The molecule has 1 unspecified atom stereocenters. The summed E-state index contributed by atoms with van der Waals surface area (Å²) >= 11 is 5.86. The van der Waals surface area contributed by atoms with Crippen LogP contribution in [0.4, 0.5) is 11.4 Å². The topological polar surface area (TPSA) is 50.4 Å². The summed E-state index contributed by atoms with van der Waals surface area (Å²) in [6.07, 6.45) is -0.453. The lowest BCUT2D eigenvalue weighted by atomic mass is 10.2. The minimum Gasteiger partial charge on any atom is -0.479 e. The first-order valence-electron chi connectivity index (χ1n) is 6.72. The zero-order valence-corrected chi connectivity index (χ0v) is 12.3. The zero-order valence-electron chi connectivity index (χ0n) is 11.5. The van der Waals surface area contributed by atoms with Crippen molar-refractivity contribution in [2.45, 2.75) is 19.6 Å². The van der Waals surface area contributed by atoms with Crippen molar-refractivity contribution in [3.63, 3.8) is 0 Å². The van der Waals surface area contributed by atoms with Gasteiger partial charge in [0.25, 0.3) is 5.91 Å². The van der Waals surface area contributed by atoms with Crippen LogP contribution in [0.15, 0.2) is 42.5 Å². The number of nitrogens with one attached hydrogen (secondary N) is 2. The molecule has 0 spiro atoms. The Labute approximate surface area is 128 Å². The van der Waals surface area contributed by atoms with E-state index in [1.165, 1.54) is 0 Å². The predicted molar refractivity (Wildman–Crippen MR) is 83.9 cm³/mol. The highest BCUT2D eigenvalue weighted by Gasteiger charge is 2.23. The van der Waals surface area contributed by atoms with Crippen molar-refractivity contribution in [1.29, 1.82) is 0 Å². The van der Waals surface area contributed by atoms with Gasteiger partial charge in [-0.25, -0.2) is 0 Å². The molecule has 1 heterocycles. The van der Waals surface area contributed by atoms with Crippen LogP contribution in [-0.2, 0) is 11.3 Å². The van der Waals surface area contributed by atoms with E-state index in [1.54, 1.807) is 6.92 Å². The molecule has 4 nitrogen and oxygen atoms in total. The Morgan fingerprint density at radius 3 is 2.76 bits per heavy atom. The molecule has 0 aliphatic carbocycles. The molecule has 21 heavy (non-hydrogen) atoms. The molecule has 0 bridgehead atoms. The summed E-state index contributed by atoms with van der Waals surface area (Å²) in [6, 6.07) is 13.3. The highest BCUT2D eigenvalue weighted by Crippen LogP contribution is 2.32. The third kappa shape index (κ3) is 3.11. The molecule has 0 saturated carbocycles. The fourth-order valence-corrected chi connectivity index (χ4v) is 2.25. The van der Waals surface area contributed by atoms with Crippen LogP contribution >= 0.6 is 11.6 Å². The molecule has 0 saturated heterocycles. The van der Waals surface area contributed by atoms with E-state index in [4.69, 9.17) is 16.3 Å². The minimum atomic E-state index is -0.453. The van der Waals surface area contributed by atoms with Gasteiger partial charge >= 0.3 is 0 Å².